The van der Waals surface area contributed by atoms with E-state index in [9.17, 15) is 14.0 Å². The van der Waals surface area contributed by atoms with Crippen molar-refractivity contribution in [2.75, 3.05) is 27.2 Å². The Balaban J connectivity index is 2.46. The highest BCUT2D eigenvalue weighted by Crippen LogP contribution is 2.19. The van der Waals surface area contributed by atoms with Crippen LogP contribution in [0.3, 0.4) is 0 Å². The summed E-state index contributed by atoms with van der Waals surface area (Å²) in [5.74, 6) is -1.12. The van der Waals surface area contributed by atoms with Crippen LogP contribution in [-0.4, -0.2) is 44.0 Å². The number of halogens is 2. The summed E-state index contributed by atoms with van der Waals surface area (Å²) in [6, 6.07) is 4.06. The molecule has 2 N–H and O–H groups in total. The zero-order valence-corrected chi connectivity index (χ0v) is 12.3. The number of rotatable bonds is 4. The van der Waals surface area contributed by atoms with Gasteiger partial charge in [0.05, 0.1) is 5.56 Å². The van der Waals surface area contributed by atoms with Crippen LogP contribution in [0.4, 0.5) is 9.18 Å². The average molecular weight is 332 g/mol. The molecule has 1 rings (SSSR count). The van der Waals surface area contributed by atoms with E-state index in [1.807, 2.05) is 0 Å². The Bertz CT molecular complexity index is 460. The third-order valence-electron chi connectivity index (χ3n) is 2.28. The van der Waals surface area contributed by atoms with Crippen molar-refractivity contribution in [1.82, 2.24) is 15.5 Å². The Hall–Kier alpha value is -1.63. The summed E-state index contributed by atoms with van der Waals surface area (Å²) in [5.41, 5.74) is -0.0403. The minimum Gasteiger partial charge on any atom is -0.350 e. The number of urea groups is 1. The Kier molecular flexibility index (Phi) is 5.75. The maximum atomic E-state index is 13.5. The number of benzene rings is 1. The minimum atomic E-state index is -0.593. The van der Waals surface area contributed by atoms with Gasteiger partial charge in [-0.15, -0.1) is 0 Å². The molecule has 0 saturated carbocycles. The standard InChI is InChI=1S/C12H15BrFN3O2/c1-17(2)12(19)16-7-6-15-11(18)10-8(13)4-3-5-9(10)14/h3-5H,6-7H2,1-2H3,(H,15,18)(H,16,19). The van der Waals surface area contributed by atoms with E-state index < -0.39 is 11.7 Å². The van der Waals surface area contributed by atoms with Crippen LogP contribution in [0, 0.1) is 5.82 Å². The van der Waals surface area contributed by atoms with E-state index in [1.54, 1.807) is 20.2 Å². The molecule has 1 aromatic rings. The van der Waals surface area contributed by atoms with Gasteiger partial charge in [0.1, 0.15) is 5.82 Å². The fourth-order valence-electron chi connectivity index (χ4n) is 1.31. The molecule has 19 heavy (non-hydrogen) atoms. The van der Waals surface area contributed by atoms with Gasteiger partial charge in [-0.25, -0.2) is 9.18 Å². The van der Waals surface area contributed by atoms with E-state index >= 15 is 0 Å². The Morgan fingerprint density at radius 2 is 1.89 bits per heavy atom. The first-order valence-electron chi connectivity index (χ1n) is 5.61. The lowest BCUT2D eigenvalue weighted by Gasteiger charge is -2.12. The zero-order chi connectivity index (χ0) is 14.4. The second-order valence-corrected chi connectivity index (χ2v) is 4.83. The van der Waals surface area contributed by atoms with Gasteiger partial charge in [0.2, 0.25) is 0 Å². The van der Waals surface area contributed by atoms with E-state index in [-0.39, 0.29) is 24.7 Å². The Labute approximate surface area is 119 Å². The van der Waals surface area contributed by atoms with Crippen molar-refractivity contribution in [1.29, 1.82) is 0 Å². The largest absolute Gasteiger partial charge is 0.350 e. The molecule has 7 heteroatoms. The first-order chi connectivity index (χ1) is 8.93. The van der Waals surface area contributed by atoms with Crippen LogP contribution in [0.5, 0.6) is 0 Å². The summed E-state index contributed by atoms with van der Waals surface area (Å²) in [6.07, 6.45) is 0. The Morgan fingerprint density at radius 1 is 1.26 bits per heavy atom. The van der Waals surface area contributed by atoms with Gasteiger partial charge in [-0.3, -0.25) is 4.79 Å². The molecule has 104 valence electrons. The molecule has 0 unspecified atom stereocenters. The molecular weight excluding hydrogens is 317 g/mol. The van der Waals surface area contributed by atoms with E-state index in [4.69, 9.17) is 0 Å². The molecule has 0 aromatic heterocycles. The molecule has 0 aliphatic heterocycles. The van der Waals surface area contributed by atoms with E-state index in [1.165, 1.54) is 17.0 Å². The van der Waals surface area contributed by atoms with E-state index in [0.29, 0.717) is 4.47 Å². The predicted octanol–water partition coefficient (Wildman–Crippen LogP) is 1.59. The maximum absolute atomic E-state index is 13.5. The molecular formula is C12H15BrFN3O2. The third-order valence-corrected chi connectivity index (χ3v) is 2.94. The average Bonchev–Trinajstić information content (AvgIpc) is 2.34. The number of amides is 3. The van der Waals surface area contributed by atoms with Crippen molar-refractivity contribution in [3.63, 3.8) is 0 Å². The van der Waals surface area contributed by atoms with Crippen molar-refractivity contribution >= 4 is 27.9 Å². The van der Waals surface area contributed by atoms with Crippen molar-refractivity contribution in [2.24, 2.45) is 0 Å². The number of hydrogen-bond acceptors (Lipinski definition) is 2. The lowest BCUT2D eigenvalue weighted by molar-refractivity contribution is 0.0949. The van der Waals surface area contributed by atoms with Crippen LogP contribution in [0.2, 0.25) is 0 Å². The van der Waals surface area contributed by atoms with Crippen molar-refractivity contribution in [3.8, 4) is 0 Å². The molecule has 0 spiro atoms. The monoisotopic (exact) mass is 331 g/mol. The smallest absolute Gasteiger partial charge is 0.316 e. The quantitative estimate of drug-likeness (QED) is 0.823. The molecule has 5 nitrogen and oxygen atoms in total. The number of nitrogens with one attached hydrogen (secondary N) is 2. The molecule has 0 atom stereocenters. The van der Waals surface area contributed by atoms with Crippen molar-refractivity contribution < 1.29 is 14.0 Å². The highest BCUT2D eigenvalue weighted by Gasteiger charge is 2.14. The van der Waals surface area contributed by atoms with Crippen molar-refractivity contribution in [3.05, 3.63) is 34.1 Å². The molecule has 1 aromatic carbocycles. The highest BCUT2D eigenvalue weighted by molar-refractivity contribution is 9.10. The van der Waals surface area contributed by atoms with Gasteiger partial charge < -0.3 is 15.5 Å². The van der Waals surface area contributed by atoms with Gasteiger partial charge >= 0.3 is 6.03 Å². The summed E-state index contributed by atoms with van der Waals surface area (Å²) in [7, 11) is 3.23. The second-order valence-electron chi connectivity index (χ2n) is 3.98. The van der Waals surface area contributed by atoms with Crippen LogP contribution in [-0.2, 0) is 0 Å². The molecule has 0 fully saturated rings. The first-order valence-corrected chi connectivity index (χ1v) is 6.40. The van der Waals surface area contributed by atoms with Crippen LogP contribution in [0.25, 0.3) is 0 Å². The Morgan fingerprint density at radius 3 is 2.47 bits per heavy atom. The molecule has 3 amide bonds. The molecule has 0 saturated heterocycles. The summed E-state index contributed by atoms with van der Waals surface area (Å²) < 4.78 is 13.9. The van der Waals surface area contributed by atoms with Crippen LogP contribution in [0.1, 0.15) is 10.4 Å². The topological polar surface area (TPSA) is 61.4 Å². The van der Waals surface area contributed by atoms with Crippen molar-refractivity contribution in [2.45, 2.75) is 0 Å². The highest BCUT2D eigenvalue weighted by atomic mass is 79.9. The molecule has 0 aliphatic carbocycles. The van der Waals surface area contributed by atoms with Crippen LogP contribution >= 0.6 is 15.9 Å². The summed E-state index contributed by atoms with van der Waals surface area (Å²) in [4.78, 5) is 24.3. The molecule has 0 aliphatic rings. The van der Waals surface area contributed by atoms with Gasteiger partial charge in [0.25, 0.3) is 5.91 Å². The SMILES string of the molecule is CN(C)C(=O)NCCNC(=O)c1c(F)cccc1Br. The fourth-order valence-corrected chi connectivity index (χ4v) is 1.83. The van der Waals surface area contributed by atoms with Gasteiger partial charge in [-0.05, 0) is 28.1 Å². The predicted molar refractivity (Wildman–Crippen MR) is 73.5 cm³/mol. The van der Waals surface area contributed by atoms with Crippen LogP contribution in [0.15, 0.2) is 22.7 Å². The second kappa shape index (κ2) is 7.08. The third kappa shape index (κ3) is 4.51. The van der Waals surface area contributed by atoms with E-state index in [2.05, 4.69) is 26.6 Å². The summed E-state index contributed by atoms with van der Waals surface area (Å²) >= 11 is 3.12. The summed E-state index contributed by atoms with van der Waals surface area (Å²) in [6.45, 7) is 0.494. The number of hydrogen-bond donors (Lipinski definition) is 2. The normalized spacial score (nSPS) is 9.89. The number of carbonyl (C=O) groups is 2. The maximum Gasteiger partial charge on any atom is 0.316 e. The first kappa shape index (κ1) is 15.4. The fraction of sp³-hybridized carbons (Fsp3) is 0.333. The van der Waals surface area contributed by atoms with Crippen LogP contribution < -0.4 is 10.6 Å². The zero-order valence-electron chi connectivity index (χ0n) is 10.7. The van der Waals surface area contributed by atoms with Gasteiger partial charge in [0.15, 0.2) is 0 Å². The molecule has 0 radical (unpaired) electrons. The van der Waals surface area contributed by atoms with Gasteiger partial charge in [0, 0.05) is 31.7 Å². The van der Waals surface area contributed by atoms with Gasteiger partial charge in [-0.1, -0.05) is 6.07 Å². The lowest BCUT2D eigenvalue weighted by atomic mass is 10.2. The van der Waals surface area contributed by atoms with Gasteiger partial charge in [-0.2, -0.15) is 0 Å². The molecule has 0 bridgehead atoms. The summed E-state index contributed by atoms with van der Waals surface area (Å²) in [5, 5.41) is 5.12. The lowest BCUT2D eigenvalue weighted by Crippen LogP contribution is -2.39. The minimum absolute atomic E-state index is 0.0403. The number of nitrogens with zero attached hydrogens (tertiary/aromatic N) is 1. The number of carbonyl (C=O) groups excluding carboxylic acids is 2. The van der Waals surface area contributed by atoms with E-state index in [0.717, 1.165) is 0 Å². The molecule has 0 heterocycles.